The van der Waals surface area contributed by atoms with Crippen LogP contribution in [-0.2, 0) is 9.59 Å². The number of amides is 2. The van der Waals surface area contributed by atoms with Crippen molar-refractivity contribution in [2.24, 2.45) is 5.10 Å². The molecule has 0 bridgehead atoms. The Morgan fingerprint density at radius 2 is 1.85 bits per heavy atom. The van der Waals surface area contributed by atoms with Crippen LogP contribution in [0.3, 0.4) is 0 Å². The van der Waals surface area contributed by atoms with Gasteiger partial charge in [-0.05, 0) is 44.0 Å². The first-order valence-electron chi connectivity index (χ1n) is 6.43. The Bertz CT molecular complexity index is 498. The minimum Gasteiger partial charge on any atom is -0.318 e. The van der Waals surface area contributed by atoms with Crippen LogP contribution in [0.25, 0.3) is 0 Å². The quantitative estimate of drug-likeness (QED) is 0.494. The van der Waals surface area contributed by atoms with E-state index in [1.165, 1.54) is 24.3 Å². The second-order valence-corrected chi connectivity index (χ2v) is 4.35. The lowest BCUT2D eigenvalue weighted by atomic mass is 10.2. The fourth-order valence-electron chi connectivity index (χ4n) is 1.41. The van der Waals surface area contributed by atoms with Crippen LogP contribution >= 0.6 is 0 Å². The van der Waals surface area contributed by atoms with E-state index in [-0.39, 0.29) is 0 Å². The summed E-state index contributed by atoms with van der Waals surface area (Å²) in [5.41, 5.74) is 3.29. The van der Waals surface area contributed by atoms with Crippen molar-refractivity contribution < 1.29 is 14.0 Å². The minimum atomic E-state index is -0.856. The third kappa shape index (κ3) is 5.60. The molecular formula is C14H18FN3O2. The van der Waals surface area contributed by atoms with Crippen LogP contribution < -0.4 is 10.7 Å². The molecule has 1 aromatic rings. The standard InChI is InChI=1S/C14H18FN3O2/c1-3-4-5-10(2)17-18-14(20)13(19)16-12-8-6-11(15)7-9-12/h6-9H,3-5H2,1-2H3,(H,16,19)(H,18,20)/b17-10-. The van der Waals surface area contributed by atoms with E-state index in [2.05, 4.69) is 22.8 Å². The summed E-state index contributed by atoms with van der Waals surface area (Å²) in [6, 6.07) is 5.13. The molecule has 2 amide bonds. The van der Waals surface area contributed by atoms with Gasteiger partial charge >= 0.3 is 11.8 Å². The Morgan fingerprint density at radius 3 is 2.45 bits per heavy atom. The molecule has 1 rings (SSSR count). The van der Waals surface area contributed by atoms with Gasteiger partial charge in [-0.2, -0.15) is 5.10 Å². The molecule has 0 spiro atoms. The van der Waals surface area contributed by atoms with Crippen molar-refractivity contribution in [1.82, 2.24) is 5.43 Å². The highest BCUT2D eigenvalue weighted by molar-refractivity contribution is 6.39. The maximum absolute atomic E-state index is 12.7. The van der Waals surface area contributed by atoms with Gasteiger partial charge in [0.15, 0.2) is 0 Å². The molecule has 0 saturated heterocycles. The molecular weight excluding hydrogens is 261 g/mol. The molecule has 0 saturated carbocycles. The minimum absolute atomic E-state index is 0.346. The van der Waals surface area contributed by atoms with Crippen molar-refractivity contribution >= 4 is 23.2 Å². The van der Waals surface area contributed by atoms with Gasteiger partial charge in [-0.3, -0.25) is 9.59 Å². The number of hydrogen-bond acceptors (Lipinski definition) is 3. The summed E-state index contributed by atoms with van der Waals surface area (Å²) in [5.74, 6) is -2.11. The molecule has 0 radical (unpaired) electrons. The van der Waals surface area contributed by atoms with Gasteiger partial charge in [-0.25, -0.2) is 9.82 Å². The van der Waals surface area contributed by atoms with E-state index in [0.29, 0.717) is 5.69 Å². The molecule has 0 atom stereocenters. The van der Waals surface area contributed by atoms with Gasteiger partial charge in [-0.1, -0.05) is 13.3 Å². The van der Waals surface area contributed by atoms with Crippen LogP contribution in [0.1, 0.15) is 33.1 Å². The number of halogens is 1. The Morgan fingerprint density at radius 1 is 1.20 bits per heavy atom. The van der Waals surface area contributed by atoms with E-state index in [1.54, 1.807) is 6.92 Å². The van der Waals surface area contributed by atoms with Crippen molar-refractivity contribution in [1.29, 1.82) is 0 Å². The number of benzene rings is 1. The average molecular weight is 279 g/mol. The van der Waals surface area contributed by atoms with Gasteiger partial charge in [0.1, 0.15) is 5.82 Å². The van der Waals surface area contributed by atoms with Crippen molar-refractivity contribution in [3.8, 4) is 0 Å². The van der Waals surface area contributed by atoms with Crippen LogP contribution in [0.15, 0.2) is 29.4 Å². The van der Waals surface area contributed by atoms with Gasteiger partial charge in [-0.15, -0.1) is 0 Å². The molecule has 0 heterocycles. The zero-order valence-electron chi connectivity index (χ0n) is 11.6. The number of anilines is 1. The average Bonchev–Trinajstić information content (AvgIpc) is 2.44. The van der Waals surface area contributed by atoms with Gasteiger partial charge in [0, 0.05) is 11.4 Å². The highest BCUT2D eigenvalue weighted by atomic mass is 19.1. The maximum Gasteiger partial charge on any atom is 0.329 e. The summed E-state index contributed by atoms with van der Waals surface area (Å²) < 4.78 is 12.7. The summed E-state index contributed by atoms with van der Waals surface area (Å²) in [5, 5.41) is 6.18. The Balaban J connectivity index is 2.47. The molecule has 0 fully saturated rings. The van der Waals surface area contributed by atoms with E-state index in [9.17, 15) is 14.0 Å². The van der Waals surface area contributed by atoms with Crippen LogP contribution in [0.5, 0.6) is 0 Å². The molecule has 0 aliphatic rings. The lowest BCUT2D eigenvalue weighted by molar-refractivity contribution is -0.136. The first-order valence-corrected chi connectivity index (χ1v) is 6.43. The molecule has 6 heteroatoms. The van der Waals surface area contributed by atoms with Crippen molar-refractivity contribution in [2.45, 2.75) is 33.1 Å². The van der Waals surface area contributed by atoms with Gasteiger partial charge < -0.3 is 5.32 Å². The van der Waals surface area contributed by atoms with E-state index in [1.807, 2.05) is 0 Å². The van der Waals surface area contributed by atoms with Crippen LogP contribution in [0.2, 0.25) is 0 Å². The van der Waals surface area contributed by atoms with Crippen LogP contribution in [0.4, 0.5) is 10.1 Å². The third-order valence-electron chi connectivity index (χ3n) is 2.55. The Hall–Kier alpha value is -2.24. The Labute approximate surface area is 117 Å². The first-order chi connectivity index (χ1) is 9.52. The van der Waals surface area contributed by atoms with Gasteiger partial charge in [0.05, 0.1) is 0 Å². The molecule has 108 valence electrons. The zero-order valence-corrected chi connectivity index (χ0v) is 11.6. The highest BCUT2D eigenvalue weighted by Gasteiger charge is 2.12. The fraction of sp³-hybridized carbons (Fsp3) is 0.357. The van der Waals surface area contributed by atoms with Crippen molar-refractivity contribution in [3.05, 3.63) is 30.1 Å². The van der Waals surface area contributed by atoms with E-state index < -0.39 is 17.6 Å². The smallest absolute Gasteiger partial charge is 0.318 e. The number of carbonyl (C=O) groups is 2. The van der Waals surface area contributed by atoms with E-state index in [0.717, 1.165) is 25.0 Å². The highest BCUT2D eigenvalue weighted by Crippen LogP contribution is 2.07. The number of nitrogens with zero attached hydrogens (tertiary/aromatic N) is 1. The van der Waals surface area contributed by atoms with Gasteiger partial charge in [0.2, 0.25) is 0 Å². The normalized spacial score (nSPS) is 11.1. The summed E-state index contributed by atoms with van der Waals surface area (Å²) in [4.78, 5) is 23.0. The number of hydrogen-bond donors (Lipinski definition) is 2. The van der Waals surface area contributed by atoms with E-state index >= 15 is 0 Å². The number of rotatable bonds is 5. The lowest BCUT2D eigenvalue weighted by Gasteiger charge is -2.04. The lowest BCUT2D eigenvalue weighted by Crippen LogP contribution is -2.32. The summed E-state index contributed by atoms with van der Waals surface area (Å²) in [6.07, 6.45) is 2.79. The van der Waals surface area contributed by atoms with E-state index in [4.69, 9.17) is 0 Å². The molecule has 0 aliphatic carbocycles. The predicted molar refractivity (Wildman–Crippen MR) is 75.8 cm³/mol. The number of nitrogens with one attached hydrogen (secondary N) is 2. The molecule has 0 unspecified atom stereocenters. The topological polar surface area (TPSA) is 70.6 Å². The summed E-state index contributed by atoms with van der Waals surface area (Å²) >= 11 is 0. The second-order valence-electron chi connectivity index (χ2n) is 4.35. The Kier molecular flexibility index (Phi) is 6.36. The largest absolute Gasteiger partial charge is 0.329 e. The number of unbranched alkanes of at least 4 members (excludes halogenated alkanes) is 1. The molecule has 1 aromatic carbocycles. The molecule has 0 aromatic heterocycles. The number of hydrazone groups is 1. The summed E-state index contributed by atoms with van der Waals surface area (Å²) in [6.45, 7) is 3.84. The molecule has 0 aliphatic heterocycles. The predicted octanol–water partition coefficient (Wildman–Crippen LogP) is 2.45. The van der Waals surface area contributed by atoms with Crippen LogP contribution in [0, 0.1) is 5.82 Å². The SMILES string of the molecule is CCCC/C(C)=N\NC(=O)C(=O)Nc1ccc(F)cc1. The molecule has 5 nitrogen and oxygen atoms in total. The fourth-order valence-corrected chi connectivity index (χ4v) is 1.41. The monoisotopic (exact) mass is 279 g/mol. The zero-order chi connectivity index (χ0) is 15.0. The second kappa shape index (κ2) is 8.04. The summed E-state index contributed by atoms with van der Waals surface area (Å²) in [7, 11) is 0. The van der Waals surface area contributed by atoms with Gasteiger partial charge in [0.25, 0.3) is 0 Å². The molecule has 20 heavy (non-hydrogen) atoms. The maximum atomic E-state index is 12.7. The third-order valence-corrected chi connectivity index (χ3v) is 2.55. The molecule has 2 N–H and O–H groups in total. The van der Waals surface area contributed by atoms with Crippen LogP contribution in [-0.4, -0.2) is 17.5 Å². The van der Waals surface area contributed by atoms with Crippen molar-refractivity contribution in [2.75, 3.05) is 5.32 Å². The number of carbonyl (C=O) groups excluding carboxylic acids is 2. The first kappa shape index (κ1) is 15.8. The van der Waals surface area contributed by atoms with Crippen molar-refractivity contribution in [3.63, 3.8) is 0 Å².